The average molecular weight is 570 g/mol. The zero-order valence-electron chi connectivity index (χ0n) is 23.5. The summed E-state index contributed by atoms with van der Waals surface area (Å²) in [4.78, 5) is 35.1. The molecule has 1 aliphatic rings. The molecular weight excluding hydrogens is 534 g/mol. The normalized spacial score (nSPS) is 14.2. The van der Waals surface area contributed by atoms with Crippen LogP contribution in [-0.2, 0) is 22.6 Å². The number of hydrogen-bond donors (Lipinski definition) is 1. The van der Waals surface area contributed by atoms with Crippen LogP contribution in [-0.4, -0.2) is 41.5 Å². The van der Waals surface area contributed by atoms with Gasteiger partial charge in [-0.05, 0) is 30.5 Å². The number of ether oxygens (including phenoxy) is 2. The molecule has 1 heterocycles. The summed E-state index contributed by atoms with van der Waals surface area (Å²) < 4.78 is 10.9. The Balaban J connectivity index is 1.50. The van der Waals surface area contributed by atoms with Gasteiger partial charge in [-0.25, -0.2) is 4.98 Å². The molecule has 41 heavy (non-hydrogen) atoms. The number of benzene rings is 3. The Morgan fingerprint density at radius 1 is 0.927 bits per heavy atom. The van der Waals surface area contributed by atoms with Crippen molar-refractivity contribution in [3.8, 4) is 22.8 Å². The first kappa shape index (κ1) is 28.4. The van der Waals surface area contributed by atoms with Crippen molar-refractivity contribution >= 4 is 28.8 Å². The van der Waals surface area contributed by atoms with E-state index in [-0.39, 0.29) is 24.8 Å². The fourth-order valence-corrected chi connectivity index (χ4v) is 6.29. The quantitative estimate of drug-likeness (QED) is 0.229. The van der Waals surface area contributed by atoms with Gasteiger partial charge in [-0.1, -0.05) is 79.9 Å². The zero-order valence-corrected chi connectivity index (χ0v) is 24.3. The third kappa shape index (κ3) is 6.43. The van der Waals surface area contributed by atoms with Crippen LogP contribution in [0.5, 0.6) is 11.5 Å². The molecule has 0 atom stereocenters. The van der Waals surface area contributed by atoms with Crippen LogP contribution in [0.25, 0.3) is 11.3 Å². The van der Waals surface area contributed by atoms with E-state index in [1.165, 1.54) is 11.3 Å². The Bertz CT molecular complexity index is 1470. The molecule has 0 saturated heterocycles. The highest BCUT2D eigenvalue weighted by molar-refractivity contribution is 7.09. The smallest absolute Gasteiger partial charge is 0.250 e. The van der Waals surface area contributed by atoms with Crippen molar-refractivity contribution in [1.29, 1.82) is 0 Å². The molecule has 7 nitrogen and oxygen atoms in total. The van der Waals surface area contributed by atoms with Crippen LogP contribution in [0, 0.1) is 0 Å². The van der Waals surface area contributed by atoms with Gasteiger partial charge in [0, 0.05) is 17.0 Å². The fraction of sp³-hybridized carbons (Fsp3) is 0.303. The van der Waals surface area contributed by atoms with Gasteiger partial charge >= 0.3 is 0 Å². The lowest BCUT2D eigenvalue weighted by molar-refractivity contribution is -0.148. The van der Waals surface area contributed by atoms with Crippen molar-refractivity contribution in [2.24, 2.45) is 0 Å². The molecule has 1 aromatic heterocycles. The summed E-state index contributed by atoms with van der Waals surface area (Å²) in [6.45, 7) is 0.260. The minimum atomic E-state index is -1.02. The number of methoxy groups -OCH3 is 2. The van der Waals surface area contributed by atoms with Gasteiger partial charge in [0.25, 0.3) is 0 Å². The van der Waals surface area contributed by atoms with E-state index in [0.29, 0.717) is 30.0 Å². The predicted molar refractivity (Wildman–Crippen MR) is 162 cm³/mol. The molecule has 4 aromatic rings. The van der Waals surface area contributed by atoms with Crippen LogP contribution in [0.2, 0.25) is 0 Å². The summed E-state index contributed by atoms with van der Waals surface area (Å²) in [5, 5.41) is 5.92. The Labute approximate surface area is 245 Å². The molecule has 0 unspecified atom stereocenters. The van der Waals surface area contributed by atoms with Gasteiger partial charge in [0.2, 0.25) is 11.8 Å². The number of aromatic nitrogens is 1. The summed E-state index contributed by atoms with van der Waals surface area (Å²) in [6.07, 6.45) is 4.10. The van der Waals surface area contributed by atoms with Gasteiger partial charge in [-0.3, -0.25) is 9.59 Å². The molecule has 1 N–H and O–H groups in total. The largest absolute Gasteiger partial charge is 0.497 e. The van der Waals surface area contributed by atoms with Gasteiger partial charge in [-0.2, -0.15) is 0 Å². The number of nitrogens with one attached hydrogen (secondary N) is 1. The van der Waals surface area contributed by atoms with Gasteiger partial charge in [-0.15, -0.1) is 11.3 Å². The van der Waals surface area contributed by atoms with E-state index in [1.54, 1.807) is 37.3 Å². The Morgan fingerprint density at radius 2 is 1.63 bits per heavy atom. The Kier molecular flexibility index (Phi) is 8.99. The van der Waals surface area contributed by atoms with Crippen molar-refractivity contribution in [1.82, 2.24) is 9.88 Å². The van der Waals surface area contributed by atoms with Crippen LogP contribution in [0.15, 0.2) is 84.2 Å². The molecule has 0 spiro atoms. The number of hydrogen-bond acceptors (Lipinski definition) is 6. The molecule has 3 aromatic carbocycles. The van der Waals surface area contributed by atoms with E-state index in [0.717, 1.165) is 41.1 Å². The third-order valence-corrected chi connectivity index (χ3v) is 8.52. The highest BCUT2D eigenvalue weighted by Gasteiger charge is 2.47. The maximum absolute atomic E-state index is 14.3. The second kappa shape index (κ2) is 13.0. The summed E-state index contributed by atoms with van der Waals surface area (Å²) in [5.74, 6) is 0.830. The SMILES string of the molecule is COc1ccc(NC(=O)C2(N(Cc3nc(-c4ccccc4)cs3)C(=O)Cc3ccccc3)CCCCC2)c(OC)c1. The molecule has 0 radical (unpaired) electrons. The van der Waals surface area contributed by atoms with Crippen molar-refractivity contribution < 1.29 is 19.1 Å². The number of carbonyl (C=O) groups excluding carboxylic acids is 2. The second-order valence-corrected chi connectivity index (χ2v) is 11.2. The number of amides is 2. The van der Waals surface area contributed by atoms with Crippen molar-refractivity contribution in [2.45, 2.75) is 50.6 Å². The molecular formula is C33H35N3O4S. The first-order valence-corrected chi connectivity index (χ1v) is 14.8. The highest BCUT2D eigenvalue weighted by atomic mass is 32.1. The van der Waals surface area contributed by atoms with Crippen LogP contribution in [0.3, 0.4) is 0 Å². The molecule has 1 aliphatic carbocycles. The lowest BCUT2D eigenvalue weighted by Crippen LogP contribution is -2.60. The molecule has 212 valence electrons. The Morgan fingerprint density at radius 3 is 2.32 bits per heavy atom. The summed E-state index contributed by atoms with van der Waals surface area (Å²) in [6, 6.07) is 25.0. The monoisotopic (exact) mass is 569 g/mol. The van der Waals surface area contributed by atoms with E-state index >= 15 is 0 Å². The molecule has 0 bridgehead atoms. The van der Waals surface area contributed by atoms with E-state index in [9.17, 15) is 9.59 Å². The summed E-state index contributed by atoms with van der Waals surface area (Å²) in [5.41, 5.74) is 2.32. The van der Waals surface area contributed by atoms with Crippen LogP contribution in [0.4, 0.5) is 5.69 Å². The number of carbonyl (C=O) groups is 2. The fourth-order valence-electron chi connectivity index (χ4n) is 5.50. The zero-order chi connectivity index (χ0) is 28.7. The maximum Gasteiger partial charge on any atom is 0.250 e. The molecule has 8 heteroatoms. The average Bonchev–Trinajstić information content (AvgIpc) is 3.50. The van der Waals surface area contributed by atoms with Crippen LogP contribution >= 0.6 is 11.3 Å². The second-order valence-electron chi connectivity index (χ2n) is 10.2. The molecule has 2 amide bonds. The van der Waals surface area contributed by atoms with Crippen molar-refractivity contribution in [2.75, 3.05) is 19.5 Å². The lowest BCUT2D eigenvalue weighted by Gasteiger charge is -2.45. The van der Waals surface area contributed by atoms with Crippen LogP contribution in [0.1, 0.15) is 42.7 Å². The van der Waals surface area contributed by atoms with Gasteiger partial charge in [0.05, 0.1) is 38.6 Å². The third-order valence-electron chi connectivity index (χ3n) is 7.69. The molecule has 1 fully saturated rings. The minimum Gasteiger partial charge on any atom is -0.497 e. The molecule has 5 rings (SSSR count). The van der Waals surface area contributed by atoms with E-state index < -0.39 is 5.54 Å². The maximum atomic E-state index is 14.3. The summed E-state index contributed by atoms with van der Waals surface area (Å²) >= 11 is 1.51. The lowest BCUT2D eigenvalue weighted by atomic mass is 9.78. The van der Waals surface area contributed by atoms with Gasteiger partial charge in [0.1, 0.15) is 22.0 Å². The van der Waals surface area contributed by atoms with Crippen LogP contribution < -0.4 is 14.8 Å². The molecule has 0 aliphatic heterocycles. The number of thiazole rings is 1. The number of anilines is 1. The van der Waals surface area contributed by atoms with Gasteiger partial charge in [0.15, 0.2) is 0 Å². The van der Waals surface area contributed by atoms with E-state index in [2.05, 4.69) is 5.32 Å². The number of rotatable bonds is 10. The highest BCUT2D eigenvalue weighted by Crippen LogP contribution is 2.39. The van der Waals surface area contributed by atoms with E-state index in [4.69, 9.17) is 14.5 Å². The van der Waals surface area contributed by atoms with Crippen molar-refractivity contribution in [3.63, 3.8) is 0 Å². The first-order chi connectivity index (χ1) is 20.0. The minimum absolute atomic E-state index is 0.0913. The van der Waals surface area contributed by atoms with Gasteiger partial charge < -0.3 is 19.7 Å². The summed E-state index contributed by atoms with van der Waals surface area (Å²) in [7, 11) is 3.14. The molecule has 1 saturated carbocycles. The number of nitrogens with zero attached hydrogens (tertiary/aromatic N) is 2. The standard InChI is InChI=1S/C33H35N3O4S/c1-39-26-16-17-27(29(21-26)40-2)35-32(38)33(18-10-5-11-19-33)36(31(37)20-24-12-6-3-7-13-24)22-30-34-28(23-41-30)25-14-8-4-9-15-25/h3-4,6-9,12-17,21,23H,5,10-11,18-20,22H2,1-2H3,(H,35,38). The topological polar surface area (TPSA) is 80.8 Å². The Hall–Kier alpha value is -4.17. The first-order valence-electron chi connectivity index (χ1n) is 13.9. The predicted octanol–water partition coefficient (Wildman–Crippen LogP) is 6.74. The van der Waals surface area contributed by atoms with Crippen molar-refractivity contribution in [3.05, 3.63) is 94.8 Å². The van der Waals surface area contributed by atoms with E-state index in [1.807, 2.05) is 66.0 Å².